The van der Waals surface area contributed by atoms with E-state index in [0.29, 0.717) is 19.3 Å². The summed E-state index contributed by atoms with van der Waals surface area (Å²) >= 11 is 0. The molecule has 258 valence electrons. The first kappa shape index (κ1) is 35.7. The second-order valence-electron chi connectivity index (χ2n) is 12.2. The van der Waals surface area contributed by atoms with Crippen molar-refractivity contribution in [3.63, 3.8) is 0 Å². The molecule has 49 heavy (non-hydrogen) atoms. The van der Waals surface area contributed by atoms with Crippen molar-refractivity contribution in [1.29, 1.82) is 0 Å². The summed E-state index contributed by atoms with van der Waals surface area (Å²) in [4.78, 5) is 39.7. The maximum Gasteiger partial charge on any atom is 0.309 e. The maximum atomic E-state index is 13.5. The highest BCUT2D eigenvalue weighted by Gasteiger charge is 2.54. The van der Waals surface area contributed by atoms with Crippen LogP contribution in [0, 0.1) is 5.92 Å². The summed E-state index contributed by atoms with van der Waals surface area (Å²) in [5.41, 5.74) is 1.45. The van der Waals surface area contributed by atoms with Gasteiger partial charge in [0.1, 0.15) is 11.7 Å². The van der Waals surface area contributed by atoms with Gasteiger partial charge in [0, 0.05) is 20.0 Å². The minimum absolute atomic E-state index is 0.0373. The lowest BCUT2D eigenvalue weighted by Crippen LogP contribution is -2.63. The molecule has 0 aromatic heterocycles. The van der Waals surface area contributed by atoms with E-state index < -0.39 is 60.1 Å². The van der Waals surface area contributed by atoms with E-state index >= 15 is 0 Å². The van der Waals surface area contributed by atoms with Crippen LogP contribution < -0.4 is 0 Å². The van der Waals surface area contributed by atoms with Crippen molar-refractivity contribution in [2.24, 2.45) is 5.92 Å². The first-order valence-electron chi connectivity index (χ1n) is 16.7. The fourth-order valence-corrected chi connectivity index (χ4v) is 6.19. The van der Waals surface area contributed by atoms with Gasteiger partial charge in [0.05, 0.1) is 12.5 Å². The molecule has 9 heteroatoms. The lowest BCUT2D eigenvalue weighted by Gasteiger charge is -2.45. The van der Waals surface area contributed by atoms with Crippen LogP contribution in [0.2, 0.25) is 0 Å². The van der Waals surface area contributed by atoms with Gasteiger partial charge in [-0.2, -0.15) is 0 Å². The minimum Gasteiger partial charge on any atom is -0.455 e. The molecule has 2 aliphatic rings. The van der Waals surface area contributed by atoms with Gasteiger partial charge >= 0.3 is 17.9 Å². The van der Waals surface area contributed by atoms with E-state index in [1.807, 2.05) is 103 Å². The Hall–Kier alpha value is -4.57. The molecule has 0 unspecified atom stereocenters. The Morgan fingerprint density at radius 1 is 0.878 bits per heavy atom. The van der Waals surface area contributed by atoms with E-state index in [0.717, 1.165) is 16.7 Å². The second kappa shape index (κ2) is 17.2. The smallest absolute Gasteiger partial charge is 0.309 e. The largest absolute Gasteiger partial charge is 0.455 e. The zero-order valence-corrected chi connectivity index (χ0v) is 28.0. The molecule has 5 rings (SSSR count). The van der Waals surface area contributed by atoms with Gasteiger partial charge < -0.3 is 28.4 Å². The van der Waals surface area contributed by atoms with Gasteiger partial charge in [0.15, 0.2) is 24.6 Å². The highest BCUT2D eigenvalue weighted by molar-refractivity contribution is 5.73. The molecule has 0 bridgehead atoms. The van der Waals surface area contributed by atoms with Crippen LogP contribution in [0.4, 0.5) is 0 Å². The number of carbonyl (C=O) groups is 3. The predicted octanol–water partition coefficient (Wildman–Crippen LogP) is 6.44. The molecule has 0 spiro atoms. The average molecular weight is 669 g/mol. The molecule has 2 aliphatic heterocycles. The molecule has 0 amide bonds. The van der Waals surface area contributed by atoms with Gasteiger partial charge in [-0.15, -0.1) is 6.58 Å². The molecule has 0 aliphatic carbocycles. The lowest BCUT2D eigenvalue weighted by molar-refractivity contribution is -0.307. The molecule has 1 fully saturated rings. The number of fused-ring (bicyclic) bond motifs is 1. The van der Waals surface area contributed by atoms with Gasteiger partial charge in [-0.3, -0.25) is 14.4 Å². The lowest BCUT2D eigenvalue weighted by atomic mass is 9.80. The van der Waals surface area contributed by atoms with Crippen LogP contribution in [0.5, 0.6) is 0 Å². The van der Waals surface area contributed by atoms with Gasteiger partial charge in [0.2, 0.25) is 0 Å². The molecule has 1 saturated heterocycles. The molecular weight excluding hydrogens is 624 g/mol. The molecule has 3 aromatic carbocycles. The fraction of sp³-hybridized carbons (Fsp3) is 0.375. The normalized spacial score (nSPS) is 25.3. The quantitative estimate of drug-likeness (QED) is 0.0987. The summed E-state index contributed by atoms with van der Waals surface area (Å²) in [6, 6.07) is 29.4. The van der Waals surface area contributed by atoms with Gasteiger partial charge in [-0.05, 0) is 36.0 Å². The fourth-order valence-electron chi connectivity index (χ4n) is 6.19. The number of hydrogen-bond acceptors (Lipinski definition) is 9. The van der Waals surface area contributed by atoms with Crippen molar-refractivity contribution in [3.8, 4) is 0 Å². The Labute approximate surface area is 287 Å². The van der Waals surface area contributed by atoms with Crippen molar-refractivity contribution in [2.75, 3.05) is 13.7 Å². The Balaban J connectivity index is 1.59. The van der Waals surface area contributed by atoms with E-state index in [4.69, 9.17) is 28.4 Å². The Morgan fingerprint density at radius 3 is 2.02 bits per heavy atom. The number of carbonyl (C=O) groups excluding carboxylic acids is 3. The Kier molecular flexibility index (Phi) is 12.5. The third kappa shape index (κ3) is 8.54. The molecular formula is C40H44O9. The highest BCUT2D eigenvalue weighted by atomic mass is 16.7. The summed E-state index contributed by atoms with van der Waals surface area (Å²) < 4.78 is 37.2. The standard InChI is InChI=1S/C40H44O9/c1-4-5-25-33(41)47-35-32(46-39(44-3)37-36(35)49-38(43)28(2)18-10-6-17-26-34(42)48-37)27-45-40(29-19-11-7-12-20-29,30-21-13-8-14-22-30)31-23-15-9-16-24-31/h4,6-16,19-24,28,32,35-37,39H,1,5,17-18,25-27H2,2-3H3/b10-6+/t28-,32+,35+,36-,37+,39-/m0/s1. The monoisotopic (exact) mass is 668 g/mol. The molecule has 0 radical (unpaired) electrons. The van der Waals surface area contributed by atoms with Gasteiger partial charge in [-0.1, -0.05) is 116 Å². The average Bonchev–Trinajstić information content (AvgIpc) is 3.13. The topological polar surface area (TPSA) is 107 Å². The van der Waals surface area contributed by atoms with E-state index in [-0.39, 0.29) is 19.4 Å². The summed E-state index contributed by atoms with van der Waals surface area (Å²) in [5.74, 6) is -2.13. The maximum absolute atomic E-state index is 13.5. The summed E-state index contributed by atoms with van der Waals surface area (Å²) in [6.07, 6.45) is 0.821. The van der Waals surface area contributed by atoms with Crippen molar-refractivity contribution in [2.45, 2.75) is 75.3 Å². The van der Waals surface area contributed by atoms with E-state index in [2.05, 4.69) is 6.58 Å². The highest BCUT2D eigenvalue weighted by Crippen LogP contribution is 2.41. The van der Waals surface area contributed by atoms with Crippen molar-refractivity contribution < 1.29 is 42.8 Å². The first-order valence-corrected chi connectivity index (χ1v) is 16.7. The van der Waals surface area contributed by atoms with Crippen molar-refractivity contribution in [1.82, 2.24) is 0 Å². The first-order chi connectivity index (χ1) is 23.9. The zero-order valence-electron chi connectivity index (χ0n) is 28.0. The van der Waals surface area contributed by atoms with Crippen LogP contribution in [-0.2, 0) is 48.4 Å². The van der Waals surface area contributed by atoms with Crippen LogP contribution in [0.3, 0.4) is 0 Å². The Bertz CT molecular complexity index is 1460. The Morgan fingerprint density at radius 2 is 1.47 bits per heavy atom. The minimum atomic E-state index is -1.25. The number of methoxy groups -OCH3 is 1. The number of allylic oxidation sites excluding steroid dienone is 3. The van der Waals surface area contributed by atoms with E-state index in [1.54, 1.807) is 13.0 Å². The second-order valence-corrected chi connectivity index (χ2v) is 12.2. The third-order valence-corrected chi connectivity index (χ3v) is 8.74. The zero-order chi connectivity index (χ0) is 34.6. The number of benzene rings is 3. The van der Waals surface area contributed by atoms with Gasteiger partial charge in [-0.25, -0.2) is 0 Å². The van der Waals surface area contributed by atoms with E-state index in [9.17, 15) is 14.4 Å². The summed E-state index contributed by atoms with van der Waals surface area (Å²) in [6.45, 7) is 5.33. The van der Waals surface area contributed by atoms with Crippen molar-refractivity contribution >= 4 is 17.9 Å². The molecule has 0 N–H and O–H groups in total. The van der Waals surface area contributed by atoms with Crippen LogP contribution in [0.25, 0.3) is 0 Å². The number of hydrogen-bond donors (Lipinski definition) is 0. The summed E-state index contributed by atoms with van der Waals surface area (Å²) in [5, 5.41) is 0. The number of ether oxygens (including phenoxy) is 6. The number of rotatable bonds is 11. The van der Waals surface area contributed by atoms with Crippen LogP contribution in [-0.4, -0.2) is 62.3 Å². The summed E-state index contributed by atoms with van der Waals surface area (Å²) in [7, 11) is 1.41. The van der Waals surface area contributed by atoms with Gasteiger partial charge in [0.25, 0.3) is 0 Å². The SMILES string of the molecule is C=CCCC(=O)O[C@H]1[C@@H]2OC(=O)[C@@H](C)C/C=C/CCC(=O)O[C@H]2[C@@H](OC)O[C@@H]1COC(c1ccccc1)(c1ccccc1)c1ccccc1. The number of esters is 3. The van der Waals surface area contributed by atoms with Crippen LogP contribution in [0.1, 0.15) is 55.7 Å². The molecule has 2 heterocycles. The molecule has 6 atom stereocenters. The van der Waals surface area contributed by atoms with Crippen LogP contribution >= 0.6 is 0 Å². The molecule has 0 saturated carbocycles. The van der Waals surface area contributed by atoms with Crippen molar-refractivity contribution in [3.05, 3.63) is 132 Å². The molecule has 3 aromatic rings. The van der Waals surface area contributed by atoms with E-state index in [1.165, 1.54) is 7.11 Å². The predicted molar refractivity (Wildman–Crippen MR) is 182 cm³/mol. The molecule has 9 nitrogen and oxygen atoms in total. The van der Waals surface area contributed by atoms with Crippen LogP contribution in [0.15, 0.2) is 116 Å². The third-order valence-electron chi connectivity index (χ3n) is 8.74.